The van der Waals surface area contributed by atoms with E-state index in [9.17, 15) is 14.0 Å². The Balaban J connectivity index is 1.23. The second kappa shape index (κ2) is 9.72. The molecule has 0 radical (unpaired) electrons. The van der Waals surface area contributed by atoms with E-state index >= 15 is 0 Å². The number of amides is 2. The summed E-state index contributed by atoms with van der Waals surface area (Å²) in [6.45, 7) is 1.13. The maximum Gasteiger partial charge on any atom is 0.272 e. The number of nitrogens with zero attached hydrogens (tertiary/aromatic N) is 3. The molecule has 0 spiro atoms. The zero-order chi connectivity index (χ0) is 24.4. The third-order valence-corrected chi connectivity index (χ3v) is 6.38. The standard InChI is InChI=1S/C27H22ClFN4O2/c28-22-7-4-8-23(29)21(22)17-32-13-14-33-25(27(32)35)15-24(31-33)26(34)30-16-18-9-11-20(12-10-18)19-5-2-1-3-6-19/h1-12,15H,13-14,16-17H2,(H,30,34). The quantitative estimate of drug-likeness (QED) is 0.418. The second-order valence-corrected chi connectivity index (χ2v) is 8.72. The predicted molar refractivity (Wildman–Crippen MR) is 131 cm³/mol. The average Bonchev–Trinajstić information content (AvgIpc) is 3.32. The Morgan fingerprint density at radius 3 is 2.46 bits per heavy atom. The summed E-state index contributed by atoms with van der Waals surface area (Å²) in [5.41, 5.74) is 3.91. The number of hydrogen-bond donors (Lipinski definition) is 1. The van der Waals surface area contributed by atoms with Crippen LogP contribution in [0.2, 0.25) is 5.02 Å². The fraction of sp³-hybridized carbons (Fsp3) is 0.148. The normalized spacial score (nSPS) is 13.0. The lowest BCUT2D eigenvalue weighted by Crippen LogP contribution is -2.40. The lowest BCUT2D eigenvalue weighted by molar-refractivity contribution is 0.0681. The van der Waals surface area contributed by atoms with Crippen LogP contribution < -0.4 is 5.32 Å². The Bertz CT molecular complexity index is 1370. The molecule has 8 heteroatoms. The van der Waals surface area contributed by atoms with Crippen molar-refractivity contribution in [2.45, 2.75) is 19.6 Å². The van der Waals surface area contributed by atoms with Gasteiger partial charge in [0.1, 0.15) is 11.5 Å². The van der Waals surface area contributed by atoms with E-state index in [0.29, 0.717) is 25.3 Å². The molecule has 1 aromatic heterocycles. The number of halogens is 2. The summed E-state index contributed by atoms with van der Waals surface area (Å²) in [5.74, 6) is -1.14. The molecule has 0 unspecified atom stereocenters. The molecule has 2 heterocycles. The summed E-state index contributed by atoms with van der Waals surface area (Å²) in [4.78, 5) is 27.2. The molecule has 0 saturated heterocycles. The molecular formula is C27H22ClFN4O2. The molecule has 0 aliphatic carbocycles. The molecule has 4 aromatic rings. The van der Waals surface area contributed by atoms with Crippen LogP contribution in [0.4, 0.5) is 4.39 Å². The van der Waals surface area contributed by atoms with Crippen molar-refractivity contribution in [3.8, 4) is 11.1 Å². The molecular weight excluding hydrogens is 467 g/mol. The van der Waals surface area contributed by atoms with Gasteiger partial charge in [-0.25, -0.2) is 4.39 Å². The molecule has 6 nitrogen and oxygen atoms in total. The Labute approximate surface area is 206 Å². The number of hydrogen-bond acceptors (Lipinski definition) is 3. The molecule has 1 N–H and O–H groups in total. The van der Waals surface area contributed by atoms with Crippen LogP contribution in [0.5, 0.6) is 0 Å². The monoisotopic (exact) mass is 488 g/mol. The van der Waals surface area contributed by atoms with Gasteiger partial charge in [-0.1, -0.05) is 72.3 Å². The lowest BCUT2D eigenvalue weighted by Gasteiger charge is -2.27. The summed E-state index contributed by atoms with van der Waals surface area (Å²) >= 11 is 6.12. The van der Waals surface area contributed by atoms with Gasteiger partial charge in [0.25, 0.3) is 11.8 Å². The molecule has 0 atom stereocenters. The number of fused-ring (bicyclic) bond motifs is 1. The zero-order valence-corrected chi connectivity index (χ0v) is 19.5. The minimum atomic E-state index is -0.457. The van der Waals surface area contributed by atoms with Crippen LogP contribution in [0.25, 0.3) is 11.1 Å². The van der Waals surface area contributed by atoms with E-state index in [1.54, 1.807) is 6.07 Å². The highest BCUT2D eigenvalue weighted by molar-refractivity contribution is 6.31. The van der Waals surface area contributed by atoms with E-state index in [4.69, 9.17) is 11.6 Å². The van der Waals surface area contributed by atoms with Crippen molar-refractivity contribution in [2.75, 3.05) is 6.54 Å². The van der Waals surface area contributed by atoms with Crippen LogP contribution in [0.3, 0.4) is 0 Å². The molecule has 176 valence electrons. The van der Waals surface area contributed by atoms with Crippen LogP contribution in [0.15, 0.2) is 78.9 Å². The summed E-state index contributed by atoms with van der Waals surface area (Å²) in [6.07, 6.45) is 0. The van der Waals surface area contributed by atoms with Crippen LogP contribution in [-0.4, -0.2) is 33.0 Å². The minimum Gasteiger partial charge on any atom is -0.347 e. The number of aromatic nitrogens is 2. The van der Waals surface area contributed by atoms with Crippen molar-refractivity contribution in [3.05, 3.63) is 112 Å². The maximum atomic E-state index is 14.2. The maximum absolute atomic E-state index is 14.2. The van der Waals surface area contributed by atoms with Crippen molar-refractivity contribution in [3.63, 3.8) is 0 Å². The van der Waals surface area contributed by atoms with Crippen LogP contribution in [-0.2, 0) is 19.6 Å². The van der Waals surface area contributed by atoms with Gasteiger partial charge in [0.15, 0.2) is 5.69 Å². The van der Waals surface area contributed by atoms with E-state index in [-0.39, 0.29) is 34.6 Å². The third-order valence-electron chi connectivity index (χ3n) is 6.03. The SMILES string of the molecule is O=C(NCc1ccc(-c2ccccc2)cc1)c1cc2n(n1)CCN(Cc1c(F)cccc1Cl)C2=O. The third kappa shape index (κ3) is 4.81. The van der Waals surface area contributed by atoms with Crippen molar-refractivity contribution in [2.24, 2.45) is 0 Å². The molecule has 3 aromatic carbocycles. The Morgan fingerprint density at radius 2 is 1.71 bits per heavy atom. The number of carbonyl (C=O) groups is 2. The molecule has 5 rings (SSSR count). The first-order chi connectivity index (χ1) is 17.0. The fourth-order valence-electron chi connectivity index (χ4n) is 4.09. The van der Waals surface area contributed by atoms with E-state index in [0.717, 1.165) is 16.7 Å². The molecule has 2 amide bonds. The fourth-order valence-corrected chi connectivity index (χ4v) is 4.32. The number of carbonyl (C=O) groups excluding carboxylic acids is 2. The summed E-state index contributed by atoms with van der Waals surface area (Å²) in [5, 5.41) is 7.43. The van der Waals surface area contributed by atoms with Gasteiger partial charge in [-0.2, -0.15) is 5.10 Å². The molecule has 0 fully saturated rings. The van der Waals surface area contributed by atoms with Crippen LogP contribution >= 0.6 is 11.6 Å². The Hall–Kier alpha value is -3.97. The smallest absolute Gasteiger partial charge is 0.272 e. The lowest BCUT2D eigenvalue weighted by atomic mass is 10.0. The average molecular weight is 489 g/mol. The van der Waals surface area contributed by atoms with E-state index in [1.807, 2.05) is 54.6 Å². The van der Waals surface area contributed by atoms with Gasteiger partial charge in [0.2, 0.25) is 0 Å². The topological polar surface area (TPSA) is 67.2 Å². The molecule has 35 heavy (non-hydrogen) atoms. The van der Waals surface area contributed by atoms with Gasteiger partial charge in [-0.05, 0) is 28.8 Å². The molecule has 0 bridgehead atoms. The summed E-state index contributed by atoms with van der Waals surface area (Å²) in [7, 11) is 0. The number of nitrogens with one attached hydrogen (secondary N) is 1. The highest BCUT2D eigenvalue weighted by Crippen LogP contribution is 2.24. The highest BCUT2D eigenvalue weighted by Gasteiger charge is 2.29. The molecule has 1 aliphatic rings. The first-order valence-corrected chi connectivity index (χ1v) is 11.6. The summed E-state index contributed by atoms with van der Waals surface area (Å²) in [6, 6.07) is 23.9. The van der Waals surface area contributed by atoms with Gasteiger partial charge in [0.05, 0.1) is 13.1 Å². The summed E-state index contributed by atoms with van der Waals surface area (Å²) < 4.78 is 15.7. The van der Waals surface area contributed by atoms with Gasteiger partial charge in [-0.3, -0.25) is 14.3 Å². The van der Waals surface area contributed by atoms with E-state index in [2.05, 4.69) is 10.4 Å². The van der Waals surface area contributed by atoms with Gasteiger partial charge in [-0.15, -0.1) is 0 Å². The number of rotatable bonds is 6. The van der Waals surface area contributed by atoms with Crippen molar-refractivity contribution >= 4 is 23.4 Å². The second-order valence-electron chi connectivity index (χ2n) is 8.31. The van der Waals surface area contributed by atoms with E-state index < -0.39 is 5.82 Å². The van der Waals surface area contributed by atoms with Crippen molar-refractivity contribution < 1.29 is 14.0 Å². The van der Waals surface area contributed by atoms with Crippen LogP contribution in [0.1, 0.15) is 32.1 Å². The van der Waals surface area contributed by atoms with Crippen molar-refractivity contribution in [1.29, 1.82) is 0 Å². The number of benzene rings is 3. The van der Waals surface area contributed by atoms with Gasteiger partial charge < -0.3 is 10.2 Å². The first kappa shape index (κ1) is 22.8. The first-order valence-electron chi connectivity index (χ1n) is 11.2. The van der Waals surface area contributed by atoms with Gasteiger partial charge >= 0.3 is 0 Å². The molecule has 1 aliphatic heterocycles. The van der Waals surface area contributed by atoms with Gasteiger partial charge in [0, 0.05) is 29.7 Å². The zero-order valence-electron chi connectivity index (χ0n) is 18.7. The largest absolute Gasteiger partial charge is 0.347 e. The Morgan fingerprint density at radius 1 is 0.971 bits per heavy atom. The van der Waals surface area contributed by atoms with E-state index in [1.165, 1.54) is 27.8 Å². The predicted octanol–water partition coefficient (Wildman–Crippen LogP) is 4.93. The molecule has 0 saturated carbocycles. The van der Waals surface area contributed by atoms with Crippen molar-refractivity contribution in [1.82, 2.24) is 20.0 Å². The van der Waals surface area contributed by atoms with Crippen LogP contribution in [0, 0.1) is 5.82 Å². The highest BCUT2D eigenvalue weighted by atomic mass is 35.5. The Kier molecular flexibility index (Phi) is 6.33. The minimum absolute atomic E-state index is 0.0516.